The number of carbonyl (C=O) groups excluding carboxylic acids is 2. The van der Waals surface area contributed by atoms with Crippen LogP contribution in [0.15, 0.2) is 12.7 Å². The van der Waals surface area contributed by atoms with Crippen molar-refractivity contribution >= 4 is 11.8 Å². The molecule has 8 heteroatoms. The molecule has 2 aliphatic rings. The molecular formula is C28H50N2O6. The Bertz CT molecular complexity index is 689. The Hall–Kier alpha value is -1.48. The quantitative estimate of drug-likeness (QED) is 0.229. The van der Waals surface area contributed by atoms with Gasteiger partial charge in [-0.1, -0.05) is 26.8 Å². The summed E-state index contributed by atoms with van der Waals surface area (Å²) >= 11 is 0. The van der Waals surface area contributed by atoms with Gasteiger partial charge in [-0.2, -0.15) is 0 Å². The average Bonchev–Trinajstić information content (AvgIpc) is 2.88. The van der Waals surface area contributed by atoms with Crippen molar-refractivity contribution in [3.63, 3.8) is 0 Å². The fourth-order valence-electron chi connectivity index (χ4n) is 5.02. The molecule has 2 rings (SSSR count). The molecule has 7 atom stereocenters. The normalized spacial score (nSPS) is 28.8. The molecule has 0 aromatic heterocycles. The van der Waals surface area contributed by atoms with E-state index < -0.39 is 17.8 Å². The zero-order chi connectivity index (χ0) is 26.6. The van der Waals surface area contributed by atoms with Gasteiger partial charge in [0.15, 0.2) is 5.79 Å². The van der Waals surface area contributed by atoms with Gasteiger partial charge in [-0.05, 0) is 56.8 Å². The topological polar surface area (TPSA) is 106 Å². The van der Waals surface area contributed by atoms with Crippen LogP contribution in [0.25, 0.3) is 0 Å². The molecule has 2 heterocycles. The van der Waals surface area contributed by atoms with E-state index in [0.717, 1.165) is 57.8 Å². The fourth-order valence-corrected chi connectivity index (χ4v) is 5.02. The number of hydrogen-bond acceptors (Lipinski definition) is 6. The van der Waals surface area contributed by atoms with Gasteiger partial charge < -0.3 is 30.0 Å². The third kappa shape index (κ3) is 10.1. The van der Waals surface area contributed by atoms with Gasteiger partial charge in [-0.25, -0.2) is 0 Å². The molecule has 7 unspecified atom stereocenters. The van der Waals surface area contributed by atoms with Crippen molar-refractivity contribution in [3.8, 4) is 0 Å². The van der Waals surface area contributed by atoms with Gasteiger partial charge in [0.1, 0.15) is 0 Å². The third-order valence-corrected chi connectivity index (χ3v) is 7.79. The van der Waals surface area contributed by atoms with Crippen LogP contribution in [-0.2, 0) is 23.8 Å². The maximum atomic E-state index is 12.5. The number of aliphatic hydroxyl groups excluding tert-OH is 1. The van der Waals surface area contributed by atoms with Crippen molar-refractivity contribution in [1.29, 1.82) is 0 Å². The van der Waals surface area contributed by atoms with Crippen LogP contribution < -0.4 is 10.6 Å². The SMILES string of the molecule is C=CC(C)CCC1CCCC2(CCC(C)C(CCCNC(=O)C(C)C(O)CNC(=O)CCOC)O2)O1. The van der Waals surface area contributed by atoms with E-state index in [9.17, 15) is 14.7 Å². The summed E-state index contributed by atoms with van der Waals surface area (Å²) in [5, 5.41) is 15.8. The molecule has 1 spiro atoms. The Morgan fingerprint density at radius 3 is 2.69 bits per heavy atom. The molecule has 3 N–H and O–H groups in total. The lowest BCUT2D eigenvalue weighted by atomic mass is 9.85. The van der Waals surface area contributed by atoms with E-state index in [1.54, 1.807) is 6.92 Å². The first-order chi connectivity index (χ1) is 17.2. The van der Waals surface area contributed by atoms with Crippen molar-refractivity contribution in [1.82, 2.24) is 10.6 Å². The van der Waals surface area contributed by atoms with Crippen LogP contribution in [0.4, 0.5) is 0 Å². The molecule has 2 saturated heterocycles. The summed E-state index contributed by atoms with van der Waals surface area (Å²) in [5.74, 6) is -0.522. The number of hydrogen-bond donors (Lipinski definition) is 3. The molecule has 0 aliphatic carbocycles. The molecule has 2 amide bonds. The molecular weight excluding hydrogens is 460 g/mol. The molecule has 208 valence electrons. The second-order valence-corrected chi connectivity index (χ2v) is 10.8. The van der Waals surface area contributed by atoms with Crippen molar-refractivity contribution in [2.45, 2.75) is 109 Å². The lowest BCUT2D eigenvalue weighted by Crippen LogP contribution is -2.50. The summed E-state index contributed by atoms with van der Waals surface area (Å²) in [5.41, 5.74) is 0. The number of amides is 2. The predicted molar refractivity (Wildman–Crippen MR) is 140 cm³/mol. The van der Waals surface area contributed by atoms with E-state index >= 15 is 0 Å². The highest BCUT2D eigenvalue weighted by molar-refractivity contribution is 5.79. The number of ether oxygens (including phenoxy) is 3. The minimum atomic E-state index is -0.941. The first-order valence-electron chi connectivity index (χ1n) is 13.9. The third-order valence-electron chi connectivity index (χ3n) is 7.79. The van der Waals surface area contributed by atoms with Crippen molar-refractivity contribution in [2.75, 3.05) is 26.8 Å². The smallest absolute Gasteiger partial charge is 0.225 e. The van der Waals surface area contributed by atoms with E-state index in [-0.39, 0.29) is 37.0 Å². The molecule has 0 bridgehead atoms. The van der Waals surface area contributed by atoms with Crippen LogP contribution in [-0.4, -0.2) is 67.8 Å². The van der Waals surface area contributed by atoms with E-state index in [1.165, 1.54) is 7.11 Å². The number of methoxy groups -OCH3 is 1. The summed E-state index contributed by atoms with van der Waals surface area (Å²) < 4.78 is 18.0. The Labute approximate surface area is 217 Å². The van der Waals surface area contributed by atoms with Crippen LogP contribution in [0.3, 0.4) is 0 Å². The average molecular weight is 511 g/mol. The summed E-state index contributed by atoms with van der Waals surface area (Å²) in [6.45, 7) is 10.9. The van der Waals surface area contributed by atoms with Gasteiger partial charge in [0.25, 0.3) is 0 Å². The standard InChI is InChI=1S/C28H50N2O6/c1-6-20(2)11-12-23-9-7-15-28(35-23)16-13-21(3)25(36-28)10-8-17-29-27(33)22(4)24(31)19-30-26(32)14-18-34-5/h6,20-25,31H,1,7-19H2,2-5H3,(H,29,33)(H,30,32). The van der Waals surface area contributed by atoms with Gasteiger partial charge in [-0.3, -0.25) is 9.59 Å². The number of carbonyl (C=O) groups is 2. The van der Waals surface area contributed by atoms with Crippen molar-refractivity contribution in [3.05, 3.63) is 12.7 Å². The lowest BCUT2D eigenvalue weighted by Gasteiger charge is -2.48. The highest BCUT2D eigenvalue weighted by atomic mass is 16.7. The first kappa shape index (κ1) is 30.7. The summed E-state index contributed by atoms with van der Waals surface area (Å²) in [6.07, 6.45) is 10.7. The van der Waals surface area contributed by atoms with E-state index in [4.69, 9.17) is 14.2 Å². The summed E-state index contributed by atoms with van der Waals surface area (Å²) in [4.78, 5) is 24.1. The Balaban J connectivity index is 1.72. The number of rotatable bonds is 15. The molecule has 36 heavy (non-hydrogen) atoms. The number of allylic oxidation sites excluding steroid dienone is 1. The molecule has 0 aromatic carbocycles. The van der Waals surface area contributed by atoms with Crippen LogP contribution in [0.2, 0.25) is 0 Å². The lowest BCUT2D eigenvalue weighted by molar-refractivity contribution is -0.324. The monoisotopic (exact) mass is 510 g/mol. The zero-order valence-corrected chi connectivity index (χ0v) is 22.9. The number of nitrogens with one attached hydrogen (secondary N) is 2. The summed E-state index contributed by atoms with van der Waals surface area (Å²) in [6, 6.07) is 0. The summed E-state index contributed by atoms with van der Waals surface area (Å²) in [7, 11) is 1.53. The maximum absolute atomic E-state index is 12.5. The van der Waals surface area contributed by atoms with Crippen molar-refractivity contribution < 1.29 is 28.9 Å². The second-order valence-electron chi connectivity index (χ2n) is 10.8. The van der Waals surface area contributed by atoms with Crippen LogP contribution in [0, 0.1) is 17.8 Å². The Morgan fingerprint density at radius 2 is 1.97 bits per heavy atom. The van der Waals surface area contributed by atoms with E-state index in [2.05, 4.69) is 31.1 Å². The molecule has 2 aliphatic heterocycles. The molecule has 0 radical (unpaired) electrons. The van der Waals surface area contributed by atoms with Gasteiger partial charge >= 0.3 is 0 Å². The number of aliphatic hydroxyl groups is 1. The molecule has 2 fully saturated rings. The van der Waals surface area contributed by atoms with Crippen LogP contribution in [0.1, 0.15) is 85.0 Å². The predicted octanol–water partition coefficient (Wildman–Crippen LogP) is 3.72. The van der Waals surface area contributed by atoms with Crippen LogP contribution in [0.5, 0.6) is 0 Å². The van der Waals surface area contributed by atoms with E-state index in [1.807, 2.05) is 6.08 Å². The Morgan fingerprint density at radius 1 is 1.19 bits per heavy atom. The van der Waals surface area contributed by atoms with Gasteiger partial charge in [-0.15, -0.1) is 6.58 Å². The minimum Gasteiger partial charge on any atom is -0.390 e. The molecule has 0 aromatic rings. The molecule has 8 nitrogen and oxygen atoms in total. The van der Waals surface area contributed by atoms with Gasteiger partial charge in [0, 0.05) is 39.5 Å². The highest BCUT2D eigenvalue weighted by Gasteiger charge is 2.44. The van der Waals surface area contributed by atoms with Gasteiger partial charge in [0.2, 0.25) is 11.8 Å². The largest absolute Gasteiger partial charge is 0.390 e. The second kappa shape index (κ2) is 15.7. The van der Waals surface area contributed by atoms with Crippen molar-refractivity contribution in [2.24, 2.45) is 17.8 Å². The minimum absolute atomic E-state index is 0.0418. The highest BCUT2D eigenvalue weighted by Crippen LogP contribution is 2.42. The Kier molecular flexibility index (Phi) is 13.4. The molecule has 0 saturated carbocycles. The maximum Gasteiger partial charge on any atom is 0.225 e. The first-order valence-corrected chi connectivity index (χ1v) is 13.9. The van der Waals surface area contributed by atoms with E-state index in [0.29, 0.717) is 25.0 Å². The zero-order valence-electron chi connectivity index (χ0n) is 22.9. The van der Waals surface area contributed by atoms with Crippen LogP contribution >= 0.6 is 0 Å². The van der Waals surface area contributed by atoms with Gasteiger partial charge in [0.05, 0.1) is 30.8 Å². The fraction of sp³-hybridized carbons (Fsp3) is 0.857.